The summed E-state index contributed by atoms with van der Waals surface area (Å²) in [5.41, 5.74) is 0.215. The highest BCUT2D eigenvalue weighted by molar-refractivity contribution is 9.10. The Morgan fingerprint density at radius 2 is 1.78 bits per heavy atom. The van der Waals surface area contributed by atoms with E-state index < -0.39 is 22.5 Å². The third-order valence-corrected chi connectivity index (χ3v) is 3.75. The van der Waals surface area contributed by atoms with Crippen LogP contribution in [-0.2, 0) is 0 Å². The topological polar surface area (TPSA) is 37.8 Å². The first-order valence-corrected chi connectivity index (χ1v) is 7.14. The number of fused-ring (bicyclic) bond motifs is 1. The van der Waals surface area contributed by atoms with Gasteiger partial charge in [-0.2, -0.15) is 13.5 Å². The normalized spacial score (nSPS) is 10.5. The first-order valence-electron chi connectivity index (χ1n) is 5.97. The van der Waals surface area contributed by atoms with Crippen LogP contribution in [-0.4, -0.2) is 9.97 Å². The molecule has 0 saturated heterocycles. The minimum absolute atomic E-state index is 0. The van der Waals surface area contributed by atoms with Gasteiger partial charge in [-0.25, -0.2) is 23.1 Å². The fraction of sp³-hybridized carbons (Fsp3) is 0. The van der Waals surface area contributed by atoms with Crippen molar-refractivity contribution in [3.8, 4) is 0 Å². The zero-order valence-electron chi connectivity index (χ0n) is 11.2. The van der Waals surface area contributed by atoms with E-state index in [0.717, 1.165) is 12.1 Å². The number of nitrogens with zero attached hydrogens (tertiary/aromatic N) is 2. The molecule has 3 aromatic rings. The van der Waals surface area contributed by atoms with Gasteiger partial charge < -0.3 is 5.32 Å². The van der Waals surface area contributed by atoms with E-state index >= 15 is 0 Å². The molecule has 3 rings (SSSR count). The maximum absolute atomic E-state index is 14.1. The van der Waals surface area contributed by atoms with E-state index in [1.54, 1.807) is 6.07 Å². The molecule has 0 fully saturated rings. The minimum Gasteiger partial charge on any atom is -0.337 e. The van der Waals surface area contributed by atoms with Crippen LogP contribution in [0.15, 0.2) is 35.1 Å². The van der Waals surface area contributed by atoms with Crippen LogP contribution in [0.2, 0.25) is 5.02 Å². The number of benzene rings is 2. The number of aromatic nitrogens is 2. The second-order valence-electron chi connectivity index (χ2n) is 4.35. The van der Waals surface area contributed by atoms with Gasteiger partial charge in [0.25, 0.3) is 0 Å². The Bertz CT molecular complexity index is 895. The zero-order valence-corrected chi connectivity index (χ0v) is 14.5. The molecule has 0 spiro atoms. The van der Waals surface area contributed by atoms with Crippen molar-refractivity contribution in [2.45, 2.75) is 0 Å². The van der Waals surface area contributed by atoms with E-state index in [0.29, 0.717) is 9.99 Å². The molecule has 1 heterocycles. The highest BCUT2D eigenvalue weighted by Gasteiger charge is 2.15. The van der Waals surface area contributed by atoms with Gasteiger partial charge in [0.15, 0.2) is 5.82 Å². The first-order chi connectivity index (χ1) is 10.5. The van der Waals surface area contributed by atoms with Crippen molar-refractivity contribution in [3.05, 3.63) is 57.5 Å². The summed E-state index contributed by atoms with van der Waals surface area (Å²) in [4.78, 5) is 7.86. The minimum atomic E-state index is -0.981. The quantitative estimate of drug-likeness (QED) is 0.568. The number of hydrogen-bond donors (Lipinski definition) is 1. The SMILES string of the molecule is Fc1ccc(Nc2ncnc3cc(Br)cc(F)c23)c(F)c1Cl.S. The summed E-state index contributed by atoms with van der Waals surface area (Å²) < 4.78 is 41.7. The van der Waals surface area contributed by atoms with E-state index in [9.17, 15) is 13.2 Å². The van der Waals surface area contributed by atoms with E-state index in [2.05, 4.69) is 31.2 Å². The van der Waals surface area contributed by atoms with Crippen LogP contribution in [0.1, 0.15) is 0 Å². The molecule has 1 aromatic heterocycles. The van der Waals surface area contributed by atoms with Crippen molar-refractivity contribution in [1.82, 2.24) is 9.97 Å². The maximum atomic E-state index is 14.1. The van der Waals surface area contributed by atoms with Crippen molar-refractivity contribution >= 4 is 63.4 Å². The lowest BCUT2D eigenvalue weighted by Crippen LogP contribution is -2.00. The second kappa shape index (κ2) is 6.94. The Morgan fingerprint density at radius 1 is 1.04 bits per heavy atom. The summed E-state index contributed by atoms with van der Waals surface area (Å²) >= 11 is 8.68. The van der Waals surface area contributed by atoms with Crippen molar-refractivity contribution in [3.63, 3.8) is 0 Å². The Morgan fingerprint density at radius 3 is 2.52 bits per heavy atom. The molecule has 3 nitrogen and oxygen atoms in total. The lowest BCUT2D eigenvalue weighted by atomic mass is 10.2. The summed E-state index contributed by atoms with van der Waals surface area (Å²) in [6.07, 6.45) is 1.21. The fourth-order valence-corrected chi connectivity index (χ4v) is 2.54. The second-order valence-corrected chi connectivity index (χ2v) is 5.65. The number of anilines is 2. The number of hydrogen-bond acceptors (Lipinski definition) is 3. The average molecular weight is 423 g/mol. The summed E-state index contributed by atoms with van der Waals surface area (Å²) in [5, 5.41) is 2.05. The molecule has 2 aromatic carbocycles. The average Bonchev–Trinajstić information content (AvgIpc) is 2.47. The fourth-order valence-electron chi connectivity index (χ4n) is 1.95. The lowest BCUT2D eigenvalue weighted by Gasteiger charge is -2.11. The van der Waals surface area contributed by atoms with Crippen molar-refractivity contribution in [2.75, 3.05) is 5.32 Å². The van der Waals surface area contributed by atoms with Crippen LogP contribution in [0.4, 0.5) is 24.7 Å². The van der Waals surface area contributed by atoms with Crippen LogP contribution < -0.4 is 5.32 Å². The van der Waals surface area contributed by atoms with E-state index in [1.807, 2.05) is 0 Å². The summed E-state index contributed by atoms with van der Waals surface area (Å²) in [6.45, 7) is 0. The molecular formula is C14H8BrClF3N3S. The molecule has 0 atom stereocenters. The van der Waals surface area contributed by atoms with Crippen LogP contribution in [0.25, 0.3) is 10.9 Å². The molecule has 0 aliphatic rings. The van der Waals surface area contributed by atoms with Gasteiger partial charge in [0.2, 0.25) is 0 Å². The molecule has 0 aliphatic heterocycles. The summed E-state index contributed by atoms with van der Waals surface area (Å²) in [6, 6.07) is 5.00. The maximum Gasteiger partial charge on any atom is 0.168 e. The molecule has 9 heteroatoms. The lowest BCUT2D eigenvalue weighted by molar-refractivity contribution is 0.586. The molecule has 0 amide bonds. The standard InChI is InChI=1S/C14H6BrClF3N3.H2S/c15-6-3-8(18)11-10(4-6)20-5-21-14(11)22-9-2-1-7(17)12(16)13(9)19;/h1-5H,(H,20,21,22);1H2. The number of rotatable bonds is 2. The molecule has 0 aliphatic carbocycles. The summed E-state index contributed by atoms with van der Waals surface area (Å²) in [5.74, 6) is -2.39. The number of halogens is 5. The third-order valence-electron chi connectivity index (χ3n) is 2.94. The summed E-state index contributed by atoms with van der Waals surface area (Å²) in [7, 11) is 0. The van der Waals surface area contributed by atoms with Gasteiger partial charge >= 0.3 is 0 Å². The Labute approximate surface area is 149 Å². The highest BCUT2D eigenvalue weighted by atomic mass is 79.9. The van der Waals surface area contributed by atoms with Crippen LogP contribution >= 0.6 is 41.0 Å². The van der Waals surface area contributed by atoms with Crippen LogP contribution in [0.3, 0.4) is 0 Å². The molecule has 0 radical (unpaired) electrons. The van der Waals surface area contributed by atoms with E-state index in [4.69, 9.17) is 11.6 Å². The first kappa shape index (κ1) is 17.8. The Hall–Kier alpha value is -1.51. The number of nitrogens with one attached hydrogen (secondary N) is 1. The molecular weight excluding hydrogens is 415 g/mol. The van der Waals surface area contributed by atoms with Crippen molar-refractivity contribution < 1.29 is 13.2 Å². The van der Waals surface area contributed by atoms with Gasteiger partial charge in [-0.05, 0) is 24.3 Å². The van der Waals surface area contributed by atoms with Crippen LogP contribution in [0, 0.1) is 17.5 Å². The van der Waals surface area contributed by atoms with Gasteiger partial charge in [-0.3, -0.25) is 0 Å². The van der Waals surface area contributed by atoms with Gasteiger partial charge in [-0.15, -0.1) is 0 Å². The Balaban J connectivity index is 0.00000192. The molecule has 1 N–H and O–H groups in total. The highest BCUT2D eigenvalue weighted by Crippen LogP contribution is 2.31. The molecule has 0 bridgehead atoms. The Kier molecular flexibility index (Phi) is 5.38. The smallest absolute Gasteiger partial charge is 0.168 e. The zero-order chi connectivity index (χ0) is 15.9. The van der Waals surface area contributed by atoms with Gasteiger partial charge in [0, 0.05) is 4.47 Å². The predicted molar refractivity (Wildman–Crippen MR) is 92.2 cm³/mol. The predicted octanol–water partition coefficient (Wildman–Crippen LogP) is 5.32. The molecule has 120 valence electrons. The third kappa shape index (κ3) is 3.39. The van der Waals surface area contributed by atoms with E-state index in [1.165, 1.54) is 12.4 Å². The van der Waals surface area contributed by atoms with Crippen molar-refractivity contribution in [1.29, 1.82) is 0 Å². The van der Waals surface area contributed by atoms with Crippen molar-refractivity contribution in [2.24, 2.45) is 0 Å². The molecule has 0 unspecified atom stereocenters. The van der Waals surface area contributed by atoms with E-state index in [-0.39, 0.29) is 30.4 Å². The van der Waals surface area contributed by atoms with Gasteiger partial charge in [0.05, 0.1) is 16.6 Å². The van der Waals surface area contributed by atoms with Gasteiger partial charge in [-0.1, -0.05) is 27.5 Å². The van der Waals surface area contributed by atoms with Crippen LogP contribution in [0.5, 0.6) is 0 Å². The molecule has 23 heavy (non-hydrogen) atoms. The monoisotopic (exact) mass is 421 g/mol. The largest absolute Gasteiger partial charge is 0.337 e. The van der Waals surface area contributed by atoms with Gasteiger partial charge in [0.1, 0.15) is 28.8 Å². The molecule has 0 saturated carbocycles.